The molecule has 12 heteroatoms. The lowest BCUT2D eigenvalue weighted by Crippen LogP contribution is -2.56. The number of benzene rings is 1. The molecule has 5 aromatic heterocycles. The third-order valence-electron chi connectivity index (χ3n) is 6.50. The molecule has 0 amide bonds. The summed E-state index contributed by atoms with van der Waals surface area (Å²) in [6.45, 7) is -4.18. The number of phenols is 1. The Morgan fingerprint density at radius 2 is 1.54 bits per heavy atom. The standard InChI is InChI=1S/C23H9BBr2F2N2OS4/c25-17-7-15-22(34-17)20-13(32-15)5-11-19(9-1-3-10(31)4-2-9)12-6-14-21(30(12)24(27,28)29(11)20)23-16(33-14)8-18(26)35-23/h1-8,31H. The maximum Gasteiger partial charge on any atom is 0.738 e. The molecule has 3 nitrogen and oxygen atoms in total. The maximum absolute atomic E-state index is 16.8. The lowest BCUT2D eigenvalue weighted by atomic mass is 9.86. The number of hydrogen-bond donors (Lipinski definition) is 1. The van der Waals surface area contributed by atoms with Gasteiger partial charge in [-0.3, -0.25) is 0 Å². The first kappa shape index (κ1) is 21.3. The molecule has 6 aromatic rings. The summed E-state index contributed by atoms with van der Waals surface area (Å²) in [6.07, 6.45) is 1.90. The monoisotopic (exact) mass is 664 g/mol. The van der Waals surface area contributed by atoms with Gasteiger partial charge in [0, 0.05) is 22.0 Å². The first-order chi connectivity index (χ1) is 16.8. The molecule has 0 aliphatic carbocycles. The van der Waals surface area contributed by atoms with Gasteiger partial charge in [-0.1, -0.05) is 12.1 Å². The average molecular weight is 666 g/mol. The van der Waals surface area contributed by atoms with E-state index in [0.29, 0.717) is 22.3 Å². The number of aromatic nitrogens is 1. The van der Waals surface area contributed by atoms with Crippen molar-refractivity contribution in [3.63, 3.8) is 0 Å². The molecule has 1 aromatic carbocycles. The topological polar surface area (TPSA) is 28.2 Å². The highest BCUT2D eigenvalue weighted by atomic mass is 79.9. The van der Waals surface area contributed by atoms with Gasteiger partial charge in [-0.05, 0) is 67.8 Å². The molecule has 0 saturated heterocycles. The van der Waals surface area contributed by atoms with Crippen molar-refractivity contribution in [2.24, 2.45) is 0 Å². The van der Waals surface area contributed by atoms with Crippen LogP contribution in [0.25, 0.3) is 40.7 Å². The van der Waals surface area contributed by atoms with Gasteiger partial charge in [-0.25, -0.2) is 0 Å². The minimum atomic E-state index is -4.18. The van der Waals surface area contributed by atoms with Crippen LogP contribution >= 0.6 is 77.2 Å². The van der Waals surface area contributed by atoms with E-state index in [4.69, 9.17) is 0 Å². The normalized spacial score (nSPS) is 16.4. The van der Waals surface area contributed by atoms with Gasteiger partial charge in [0.05, 0.1) is 27.2 Å². The number of nitrogens with zero attached hydrogens (tertiary/aromatic N) is 2. The summed E-state index contributed by atoms with van der Waals surface area (Å²) in [7, 11) is 0. The Morgan fingerprint density at radius 1 is 0.857 bits per heavy atom. The van der Waals surface area contributed by atoms with Crippen LogP contribution in [0.3, 0.4) is 0 Å². The van der Waals surface area contributed by atoms with Gasteiger partial charge in [0.25, 0.3) is 0 Å². The predicted molar refractivity (Wildman–Crippen MR) is 153 cm³/mol. The molecule has 0 bridgehead atoms. The number of allylic oxidation sites excluding steroid dienone is 1. The number of halogens is 4. The second-order valence-electron chi connectivity index (χ2n) is 8.43. The summed E-state index contributed by atoms with van der Waals surface area (Å²) in [5, 5.41) is 10.5. The maximum atomic E-state index is 16.8. The van der Waals surface area contributed by atoms with Crippen LogP contribution in [0.15, 0.2) is 55.7 Å². The van der Waals surface area contributed by atoms with Crippen LogP contribution in [-0.2, 0) is 0 Å². The van der Waals surface area contributed by atoms with Gasteiger partial charge in [0.15, 0.2) is 11.1 Å². The Morgan fingerprint density at radius 3 is 2.29 bits per heavy atom. The van der Waals surface area contributed by atoms with E-state index in [9.17, 15) is 5.11 Å². The molecule has 172 valence electrons. The van der Waals surface area contributed by atoms with Crippen molar-refractivity contribution < 1.29 is 13.7 Å². The smallest absolute Gasteiger partial charge is 0.508 e. The van der Waals surface area contributed by atoms with Gasteiger partial charge in [-0.2, -0.15) is 0 Å². The summed E-state index contributed by atoms with van der Waals surface area (Å²) < 4.78 is 43.5. The Labute approximate surface area is 228 Å². The lowest BCUT2D eigenvalue weighted by molar-refractivity contribution is 0.475. The second kappa shape index (κ2) is 6.93. The van der Waals surface area contributed by atoms with E-state index < -0.39 is 6.97 Å². The Kier molecular flexibility index (Phi) is 4.21. The van der Waals surface area contributed by atoms with Crippen LogP contribution in [0, 0.1) is 0 Å². The van der Waals surface area contributed by atoms with E-state index >= 15 is 8.63 Å². The van der Waals surface area contributed by atoms with Crippen molar-refractivity contribution in [2.45, 2.75) is 0 Å². The molecule has 0 unspecified atom stereocenters. The van der Waals surface area contributed by atoms with E-state index in [1.807, 2.05) is 24.3 Å². The van der Waals surface area contributed by atoms with Gasteiger partial charge >= 0.3 is 6.97 Å². The third kappa shape index (κ3) is 2.70. The molecule has 1 N–H and O–H groups in total. The average Bonchev–Trinajstić information content (AvgIpc) is 3.58. The van der Waals surface area contributed by atoms with Crippen LogP contribution in [0.1, 0.15) is 11.3 Å². The van der Waals surface area contributed by atoms with Gasteiger partial charge in [0.1, 0.15) is 15.0 Å². The van der Waals surface area contributed by atoms with E-state index in [-0.39, 0.29) is 5.75 Å². The van der Waals surface area contributed by atoms with Crippen molar-refractivity contribution in [3.05, 3.63) is 76.9 Å². The van der Waals surface area contributed by atoms with E-state index in [0.717, 1.165) is 46.7 Å². The number of fused-ring (bicyclic) bond motifs is 9. The zero-order chi connectivity index (χ0) is 23.8. The van der Waals surface area contributed by atoms with Crippen LogP contribution < -0.4 is 14.4 Å². The highest BCUT2D eigenvalue weighted by Gasteiger charge is 2.54. The zero-order valence-corrected chi connectivity index (χ0v) is 23.6. The zero-order valence-electron chi connectivity index (χ0n) is 17.2. The van der Waals surface area contributed by atoms with Crippen molar-refractivity contribution in [1.29, 1.82) is 0 Å². The molecule has 2 aliphatic heterocycles. The summed E-state index contributed by atoms with van der Waals surface area (Å²) in [4.78, 5) is 0. The molecule has 8 rings (SSSR count). The molecule has 0 spiro atoms. The minimum absolute atomic E-state index is 0.141. The summed E-state index contributed by atoms with van der Waals surface area (Å²) in [5.41, 5.74) is 3.14. The first-order valence-electron chi connectivity index (χ1n) is 10.5. The molecular weight excluding hydrogens is 657 g/mol. The molecule has 35 heavy (non-hydrogen) atoms. The van der Waals surface area contributed by atoms with Crippen molar-refractivity contribution >= 4 is 125 Å². The number of rotatable bonds is 1. The summed E-state index contributed by atoms with van der Waals surface area (Å²) >= 11 is 13.1. The molecule has 2 aliphatic rings. The summed E-state index contributed by atoms with van der Waals surface area (Å²) in [6, 6.07) is 12.7. The molecule has 7 heterocycles. The van der Waals surface area contributed by atoms with Gasteiger partial charge < -0.3 is 22.7 Å². The fourth-order valence-electron chi connectivity index (χ4n) is 5.21. The van der Waals surface area contributed by atoms with Gasteiger partial charge in [0.2, 0.25) is 0 Å². The molecular formula is C23H9BBr2F2N2OS4. The largest absolute Gasteiger partial charge is 0.738 e. The molecule has 0 atom stereocenters. The third-order valence-corrected chi connectivity index (χ3v) is 12.2. The fraction of sp³-hybridized carbons (Fsp3) is 0. The Bertz CT molecular complexity index is 2080. The number of aromatic hydroxyl groups is 1. The second-order valence-corrected chi connectivity index (χ2v) is 15.5. The summed E-state index contributed by atoms with van der Waals surface area (Å²) in [5.74, 6) is 0.141. The number of phenolic OH excluding ortho intramolecular Hbond substituents is 1. The Hall–Kier alpha value is -1.83. The molecule has 0 radical (unpaired) electrons. The number of thiophene rings is 4. The van der Waals surface area contributed by atoms with Crippen LogP contribution in [0.5, 0.6) is 5.75 Å². The highest BCUT2D eigenvalue weighted by Crippen LogP contribution is 2.48. The minimum Gasteiger partial charge on any atom is -0.508 e. The first-order valence-corrected chi connectivity index (χ1v) is 15.3. The van der Waals surface area contributed by atoms with Gasteiger partial charge in [-0.15, -0.1) is 45.3 Å². The SMILES string of the molecule is Oc1ccc(C2=C3C=c4sc5cc(Br)sc5c4=[N+]3[B-](F)(F)n3c2cc2sc4cc(Br)sc4c23)cc1. The van der Waals surface area contributed by atoms with Crippen LogP contribution in [0.4, 0.5) is 8.63 Å². The van der Waals surface area contributed by atoms with E-state index in [1.54, 1.807) is 46.9 Å². The highest BCUT2D eigenvalue weighted by molar-refractivity contribution is 9.11. The van der Waals surface area contributed by atoms with Crippen LogP contribution in [-0.4, -0.2) is 16.6 Å². The van der Waals surface area contributed by atoms with Crippen molar-refractivity contribution in [3.8, 4) is 5.75 Å². The fourth-order valence-corrected chi connectivity index (χ4v) is 11.5. The Balaban J connectivity index is 1.60. The van der Waals surface area contributed by atoms with Crippen molar-refractivity contribution in [1.82, 2.24) is 8.96 Å². The van der Waals surface area contributed by atoms with E-state index in [1.165, 1.54) is 31.6 Å². The predicted octanol–water partition coefficient (Wildman–Crippen LogP) is 7.41. The lowest BCUT2D eigenvalue weighted by Gasteiger charge is -2.31. The van der Waals surface area contributed by atoms with Crippen LogP contribution in [0.2, 0.25) is 0 Å². The number of hydrogen-bond acceptors (Lipinski definition) is 5. The van der Waals surface area contributed by atoms with Crippen molar-refractivity contribution in [2.75, 3.05) is 0 Å². The van der Waals surface area contributed by atoms with E-state index in [2.05, 4.69) is 31.9 Å². The quantitative estimate of drug-likeness (QED) is 0.182. The molecule has 0 fully saturated rings. The molecule has 0 saturated carbocycles.